The molecule has 7 nitrogen and oxygen atoms in total. The first-order valence-electron chi connectivity index (χ1n) is 9.56. The van der Waals surface area contributed by atoms with Crippen LogP contribution in [0.1, 0.15) is 29.9 Å². The van der Waals surface area contributed by atoms with Crippen molar-refractivity contribution in [2.75, 3.05) is 7.11 Å². The van der Waals surface area contributed by atoms with E-state index in [1.807, 2.05) is 37.3 Å². The highest BCUT2D eigenvalue weighted by atomic mass is 16.5. The molecule has 0 saturated carbocycles. The maximum absolute atomic E-state index is 13.0. The zero-order valence-electron chi connectivity index (χ0n) is 16.2. The van der Waals surface area contributed by atoms with Crippen LogP contribution in [0, 0.1) is 6.92 Å². The molecule has 28 heavy (non-hydrogen) atoms. The average molecular weight is 380 g/mol. The van der Waals surface area contributed by atoms with Crippen molar-refractivity contribution in [1.29, 1.82) is 0 Å². The predicted molar refractivity (Wildman–Crippen MR) is 107 cm³/mol. The van der Waals surface area contributed by atoms with Crippen molar-refractivity contribution in [2.45, 2.75) is 45.8 Å². The largest absolute Gasteiger partial charge is 0.497 e. The number of aryl methyl sites for hydroxylation is 2. The third-order valence-electron chi connectivity index (χ3n) is 5.28. The Morgan fingerprint density at radius 1 is 1.25 bits per heavy atom. The van der Waals surface area contributed by atoms with E-state index >= 15 is 0 Å². The summed E-state index contributed by atoms with van der Waals surface area (Å²) in [5.74, 6) is 1.49. The smallest absolute Gasteiger partial charge is 0.278 e. The number of nitrogens with one attached hydrogen (secondary N) is 1. The molecule has 1 aromatic carbocycles. The summed E-state index contributed by atoms with van der Waals surface area (Å²) in [6.07, 6.45) is 2.88. The van der Waals surface area contributed by atoms with Gasteiger partial charge in [0, 0.05) is 25.2 Å². The molecule has 0 radical (unpaired) electrons. The molecule has 146 valence electrons. The van der Waals surface area contributed by atoms with Crippen LogP contribution in [-0.2, 0) is 30.8 Å². The van der Waals surface area contributed by atoms with Gasteiger partial charge in [-0.05, 0) is 43.5 Å². The van der Waals surface area contributed by atoms with Crippen LogP contribution in [0.25, 0.3) is 11.0 Å². The second-order valence-electron chi connectivity index (χ2n) is 7.17. The minimum atomic E-state index is -0.140. The van der Waals surface area contributed by atoms with E-state index in [0.29, 0.717) is 24.1 Å². The first kappa shape index (κ1) is 18.3. The van der Waals surface area contributed by atoms with Gasteiger partial charge < -0.3 is 14.6 Å². The van der Waals surface area contributed by atoms with Gasteiger partial charge >= 0.3 is 0 Å². The number of hydrogen-bond donors (Lipinski definition) is 1. The first-order valence-corrected chi connectivity index (χ1v) is 9.56. The van der Waals surface area contributed by atoms with E-state index in [1.54, 1.807) is 16.2 Å². The number of methoxy groups -OCH3 is 1. The van der Waals surface area contributed by atoms with Crippen LogP contribution >= 0.6 is 0 Å². The highest BCUT2D eigenvalue weighted by Crippen LogP contribution is 2.18. The molecule has 0 atom stereocenters. The molecule has 1 aliphatic heterocycles. The third-order valence-corrected chi connectivity index (χ3v) is 5.28. The number of hydrogen-bond acceptors (Lipinski definition) is 4. The molecule has 3 aromatic rings. The highest BCUT2D eigenvalue weighted by molar-refractivity contribution is 5.81. The summed E-state index contributed by atoms with van der Waals surface area (Å²) in [5, 5.41) is 2.92. The van der Waals surface area contributed by atoms with E-state index in [-0.39, 0.29) is 18.0 Å². The fourth-order valence-electron chi connectivity index (χ4n) is 3.74. The summed E-state index contributed by atoms with van der Waals surface area (Å²) in [5.41, 5.74) is 3.00. The van der Waals surface area contributed by atoms with Gasteiger partial charge in [-0.3, -0.25) is 14.2 Å². The van der Waals surface area contributed by atoms with Crippen LogP contribution in [0.15, 0.2) is 35.1 Å². The summed E-state index contributed by atoms with van der Waals surface area (Å²) < 4.78 is 8.68. The van der Waals surface area contributed by atoms with Gasteiger partial charge in [-0.2, -0.15) is 0 Å². The van der Waals surface area contributed by atoms with Gasteiger partial charge in [-0.25, -0.2) is 4.98 Å². The standard InChI is InChI=1S/C21H24N4O3/c1-14-11-17-20(21(27)24-10-4-3-5-18(24)23-17)25(14)13-19(26)22-12-15-6-8-16(28-2)9-7-15/h6-9,11H,3-5,10,12-13H2,1-2H3,(H,22,26). The van der Waals surface area contributed by atoms with Crippen LogP contribution in [-0.4, -0.2) is 27.1 Å². The van der Waals surface area contributed by atoms with Gasteiger partial charge in [-0.1, -0.05) is 12.1 Å². The number of ether oxygens (including phenoxy) is 1. The Morgan fingerprint density at radius 3 is 2.79 bits per heavy atom. The molecule has 0 fully saturated rings. The van der Waals surface area contributed by atoms with E-state index in [4.69, 9.17) is 4.74 Å². The lowest BCUT2D eigenvalue weighted by atomic mass is 10.1. The van der Waals surface area contributed by atoms with Gasteiger partial charge in [0.2, 0.25) is 5.91 Å². The SMILES string of the molecule is COc1ccc(CNC(=O)Cn2c(C)cc3nc4n(c(=O)c32)CCCC4)cc1. The number of aromatic nitrogens is 3. The van der Waals surface area contributed by atoms with E-state index in [1.165, 1.54) is 0 Å². The molecule has 0 bridgehead atoms. The molecule has 0 saturated heterocycles. The van der Waals surface area contributed by atoms with Crippen molar-refractivity contribution in [3.8, 4) is 5.75 Å². The molecule has 2 aromatic heterocycles. The number of carbonyl (C=O) groups excluding carboxylic acids is 1. The van der Waals surface area contributed by atoms with Crippen molar-refractivity contribution >= 4 is 16.9 Å². The van der Waals surface area contributed by atoms with Crippen molar-refractivity contribution in [1.82, 2.24) is 19.4 Å². The molecule has 1 aliphatic rings. The van der Waals surface area contributed by atoms with Crippen molar-refractivity contribution in [2.24, 2.45) is 0 Å². The van der Waals surface area contributed by atoms with Crippen molar-refractivity contribution in [3.05, 3.63) is 57.8 Å². The lowest BCUT2D eigenvalue weighted by Crippen LogP contribution is -2.31. The quantitative estimate of drug-likeness (QED) is 0.736. The third kappa shape index (κ3) is 3.40. The van der Waals surface area contributed by atoms with E-state index in [2.05, 4.69) is 10.3 Å². The Bertz CT molecular complexity index is 1080. The van der Waals surface area contributed by atoms with Gasteiger partial charge in [0.25, 0.3) is 5.56 Å². The van der Waals surface area contributed by atoms with Gasteiger partial charge in [-0.15, -0.1) is 0 Å². The predicted octanol–water partition coefficient (Wildman–Crippen LogP) is 2.17. The monoisotopic (exact) mass is 380 g/mol. The Kier molecular flexibility index (Phi) is 4.90. The van der Waals surface area contributed by atoms with Crippen molar-refractivity contribution < 1.29 is 9.53 Å². The Labute approximate surface area is 163 Å². The summed E-state index contributed by atoms with van der Waals surface area (Å²) in [4.78, 5) is 30.2. The summed E-state index contributed by atoms with van der Waals surface area (Å²) in [6, 6.07) is 9.45. The fourth-order valence-corrected chi connectivity index (χ4v) is 3.74. The summed E-state index contributed by atoms with van der Waals surface area (Å²) in [6.45, 7) is 3.13. The second kappa shape index (κ2) is 7.50. The molecule has 0 aliphatic carbocycles. The fraction of sp³-hybridized carbons (Fsp3) is 0.381. The molecule has 1 N–H and O–H groups in total. The normalized spacial score (nSPS) is 13.4. The van der Waals surface area contributed by atoms with E-state index in [9.17, 15) is 9.59 Å². The molecule has 1 amide bonds. The zero-order chi connectivity index (χ0) is 19.7. The molecule has 0 spiro atoms. The molecular formula is C21H24N4O3. The van der Waals surface area contributed by atoms with Crippen LogP contribution in [0.4, 0.5) is 0 Å². The van der Waals surface area contributed by atoms with Crippen LogP contribution in [0.5, 0.6) is 5.75 Å². The number of nitrogens with zero attached hydrogens (tertiary/aromatic N) is 3. The van der Waals surface area contributed by atoms with Crippen LogP contribution in [0.2, 0.25) is 0 Å². The Hall–Kier alpha value is -3.09. The Morgan fingerprint density at radius 2 is 2.04 bits per heavy atom. The molecular weight excluding hydrogens is 356 g/mol. The summed E-state index contributed by atoms with van der Waals surface area (Å²) >= 11 is 0. The van der Waals surface area contributed by atoms with Crippen LogP contribution in [0.3, 0.4) is 0 Å². The number of carbonyl (C=O) groups is 1. The highest BCUT2D eigenvalue weighted by Gasteiger charge is 2.19. The molecule has 4 rings (SSSR count). The van der Waals surface area contributed by atoms with Crippen molar-refractivity contribution in [3.63, 3.8) is 0 Å². The van der Waals surface area contributed by atoms with Crippen LogP contribution < -0.4 is 15.6 Å². The lowest BCUT2D eigenvalue weighted by Gasteiger charge is -2.17. The number of benzene rings is 1. The Balaban J connectivity index is 1.54. The zero-order valence-corrected chi connectivity index (χ0v) is 16.2. The number of fused-ring (bicyclic) bond motifs is 2. The topological polar surface area (TPSA) is 78.2 Å². The average Bonchev–Trinajstić information content (AvgIpc) is 3.02. The first-order chi connectivity index (χ1) is 13.6. The second-order valence-corrected chi connectivity index (χ2v) is 7.17. The number of amides is 1. The minimum absolute atomic E-state index is 0.0456. The maximum Gasteiger partial charge on any atom is 0.278 e. The maximum atomic E-state index is 13.0. The van der Waals surface area contributed by atoms with Gasteiger partial charge in [0.15, 0.2) is 0 Å². The molecule has 7 heteroatoms. The lowest BCUT2D eigenvalue weighted by molar-refractivity contribution is -0.121. The van der Waals surface area contributed by atoms with E-state index in [0.717, 1.165) is 42.1 Å². The van der Waals surface area contributed by atoms with Gasteiger partial charge in [0.1, 0.15) is 23.6 Å². The molecule has 3 heterocycles. The van der Waals surface area contributed by atoms with Gasteiger partial charge in [0.05, 0.1) is 12.6 Å². The summed E-state index contributed by atoms with van der Waals surface area (Å²) in [7, 11) is 1.62. The van der Waals surface area contributed by atoms with E-state index < -0.39 is 0 Å². The molecule has 0 unspecified atom stereocenters. The minimum Gasteiger partial charge on any atom is -0.497 e. The number of rotatable bonds is 5.